The summed E-state index contributed by atoms with van der Waals surface area (Å²) >= 11 is 0. The molecule has 4 nitrogen and oxygen atoms in total. The summed E-state index contributed by atoms with van der Waals surface area (Å²) in [6, 6.07) is 0. The van der Waals surface area contributed by atoms with Gasteiger partial charge in [0.1, 0.15) is 0 Å². The number of carbonyl (C=O) groups is 1. The van der Waals surface area contributed by atoms with Crippen LogP contribution in [0, 0.1) is 0 Å². The molecule has 0 atom stereocenters. The standard InChI is InChI=1S/C12H27N3O/c1-4-5-8-13-10-7-12(16)14-9-6-11-15(2)3/h13H,4-11H2,1-3H3,(H,14,16). The van der Waals surface area contributed by atoms with Gasteiger partial charge >= 0.3 is 0 Å². The molecule has 0 saturated heterocycles. The van der Waals surface area contributed by atoms with Crippen LogP contribution in [0.2, 0.25) is 0 Å². The fourth-order valence-corrected chi connectivity index (χ4v) is 1.34. The van der Waals surface area contributed by atoms with Gasteiger partial charge in [-0.25, -0.2) is 0 Å². The predicted octanol–water partition coefficient (Wildman–Crippen LogP) is 0.834. The molecule has 0 unspecified atom stereocenters. The van der Waals surface area contributed by atoms with E-state index in [0.29, 0.717) is 6.42 Å². The van der Waals surface area contributed by atoms with Gasteiger partial charge in [-0.3, -0.25) is 4.79 Å². The van der Waals surface area contributed by atoms with E-state index in [1.165, 1.54) is 12.8 Å². The number of hydrogen-bond donors (Lipinski definition) is 2. The lowest BCUT2D eigenvalue weighted by Crippen LogP contribution is -2.30. The molecule has 2 N–H and O–H groups in total. The zero-order valence-electron chi connectivity index (χ0n) is 11.0. The first-order chi connectivity index (χ1) is 7.66. The van der Waals surface area contributed by atoms with Crippen molar-refractivity contribution in [3.8, 4) is 0 Å². The zero-order chi connectivity index (χ0) is 12.2. The third-order valence-electron chi connectivity index (χ3n) is 2.34. The number of nitrogens with zero attached hydrogens (tertiary/aromatic N) is 1. The number of hydrogen-bond acceptors (Lipinski definition) is 3. The van der Waals surface area contributed by atoms with Crippen molar-refractivity contribution in [1.29, 1.82) is 0 Å². The second-order valence-electron chi connectivity index (χ2n) is 4.36. The van der Waals surface area contributed by atoms with Gasteiger partial charge in [0.2, 0.25) is 5.91 Å². The van der Waals surface area contributed by atoms with E-state index >= 15 is 0 Å². The van der Waals surface area contributed by atoms with Gasteiger partial charge in [0, 0.05) is 19.5 Å². The first-order valence-electron chi connectivity index (χ1n) is 6.29. The molecule has 1 amide bonds. The van der Waals surface area contributed by atoms with Gasteiger partial charge in [-0.15, -0.1) is 0 Å². The van der Waals surface area contributed by atoms with E-state index in [1.54, 1.807) is 0 Å². The van der Waals surface area contributed by atoms with E-state index in [1.807, 2.05) is 14.1 Å². The van der Waals surface area contributed by atoms with Gasteiger partial charge in [-0.2, -0.15) is 0 Å². The Morgan fingerprint density at radius 2 is 1.88 bits per heavy atom. The molecule has 0 heterocycles. The van der Waals surface area contributed by atoms with E-state index in [-0.39, 0.29) is 5.91 Å². The number of unbranched alkanes of at least 4 members (excludes halogenated alkanes) is 1. The number of rotatable bonds is 10. The van der Waals surface area contributed by atoms with E-state index in [2.05, 4.69) is 22.5 Å². The van der Waals surface area contributed by atoms with Crippen molar-refractivity contribution >= 4 is 5.91 Å². The van der Waals surface area contributed by atoms with Crippen LogP contribution < -0.4 is 10.6 Å². The molecule has 0 bridgehead atoms. The maximum absolute atomic E-state index is 11.4. The first kappa shape index (κ1) is 15.4. The Morgan fingerprint density at radius 3 is 2.50 bits per heavy atom. The normalized spacial score (nSPS) is 10.8. The molecule has 0 radical (unpaired) electrons. The maximum atomic E-state index is 11.4. The Morgan fingerprint density at radius 1 is 1.12 bits per heavy atom. The Balaban J connectivity index is 3.18. The van der Waals surface area contributed by atoms with Crippen LogP contribution in [0.15, 0.2) is 0 Å². The van der Waals surface area contributed by atoms with Crippen LogP contribution in [0.5, 0.6) is 0 Å². The molecule has 0 aliphatic rings. The Labute approximate surface area is 99.8 Å². The second kappa shape index (κ2) is 10.9. The smallest absolute Gasteiger partial charge is 0.221 e. The molecule has 0 aromatic rings. The summed E-state index contributed by atoms with van der Waals surface area (Å²) in [5, 5.41) is 6.18. The summed E-state index contributed by atoms with van der Waals surface area (Å²) in [5.74, 6) is 0.155. The summed E-state index contributed by atoms with van der Waals surface area (Å²) in [7, 11) is 4.08. The van der Waals surface area contributed by atoms with Crippen LogP contribution in [-0.2, 0) is 4.79 Å². The Bertz CT molecular complexity index is 172. The highest BCUT2D eigenvalue weighted by Crippen LogP contribution is 1.85. The molecule has 0 aromatic carbocycles. The quantitative estimate of drug-likeness (QED) is 0.546. The van der Waals surface area contributed by atoms with Crippen molar-refractivity contribution in [2.75, 3.05) is 40.3 Å². The highest BCUT2D eigenvalue weighted by atomic mass is 16.1. The van der Waals surface area contributed by atoms with Gasteiger partial charge in [0.15, 0.2) is 0 Å². The molecule has 4 heteroatoms. The summed E-state index contributed by atoms with van der Waals surface area (Å²) in [4.78, 5) is 13.5. The van der Waals surface area contributed by atoms with Crippen molar-refractivity contribution in [3.05, 3.63) is 0 Å². The zero-order valence-corrected chi connectivity index (χ0v) is 11.0. The summed E-state index contributed by atoms with van der Waals surface area (Å²) in [5.41, 5.74) is 0. The topological polar surface area (TPSA) is 44.4 Å². The van der Waals surface area contributed by atoms with E-state index in [9.17, 15) is 4.79 Å². The molecular formula is C12H27N3O. The van der Waals surface area contributed by atoms with Gasteiger partial charge < -0.3 is 15.5 Å². The Hall–Kier alpha value is -0.610. The molecule has 0 aliphatic heterocycles. The van der Waals surface area contributed by atoms with Crippen LogP contribution in [0.4, 0.5) is 0 Å². The van der Waals surface area contributed by atoms with Crippen molar-refractivity contribution in [2.45, 2.75) is 32.6 Å². The predicted molar refractivity (Wildman–Crippen MR) is 68.6 cm³/mol. The fraction of sp³-hybridized carbons (Fsp3) is 0.917. The average Bonchev–Trinajstić information content (AvgIpc) is 2.24. The monoisotopic (exact) mass is 229 g/mol. The number of carbonyl (C=O) groups excluding carboxylic acids is 1. The molecule has 0 spiro atoms. The van der Waals surface area contributed by atoms with Gasteiger partial charge in [0.25, 0.3) is 0 Å². The summed E-state index contributed by atoms with van der Waals surface area (Å²) in [6.45, 7) is 5.78. The largest absolute Gasteiger partial charge is 0.356 e. The van der Waals surface area contributed by atoms with E-state index in [4.69, 9.17) is 0 Å². The van der Waals surface area contributed by atoms with Crippen LogP contribution in [0.3, 0.4) is 0 Å². The lowest BCUT2D eigenvalue weighted by Gasteiger charge is -2.10. The highest BCUT2D eigenvalue weighted by molar-refractivity contribution is 5.75. The average molecular weight is 229 g/mol. The third kappa shape index (κ3) is 11.5. The summed E-state index contributed by atoms with van der Waals surface area (Å²) in [6.07, 6.45) is 3.99. The lowest BCUT2D eigenvalue weighted by molar-refractivity contribution is -0.121. The van der Waals surface area contributed by atoms with Crippen molar-refractivity contribution < 1.29 is 4.79 Å². The Kier molecular flexibility index (Phi) is 10.5. The van der Waals surface area contributed by atoms with Crippen LogP contribution in [0.1, 0.15) is 32.6 Å². The van der Waals surface area contributed by atoms with Gasteiger partial charge in [-0.05, 0) is 40.0 Å². The van der Waals surface area contributed by atoms with Crippen LogP contribution in [-0.4, -0.2) is 51.1 Å². The van der Waals surface area contributed by atoms with E-state index in [0.717, 1.165) is 32.6 Å². The van der Waals surface area contributed by atoms with E-state index < -0.39 is 0 Å². The van der Waals surface area contributed by atoms with Crippen molar-refractivity contribution in [1.82, 2.24) is 15.5 Å². The number of amides is 1. The lowest BCUT2D eigenvalue weighted by atomic mass is 10.3. The third-order valence-corrected chi connectivity index (χ3v) is 2.34. The molecule has 96 valence electrons. The van der Waals surface area contributed by atoms with Crippen LogP contribution in [0.25, 0.3) is 0 Å². The molecular weight excluding hydrogens is 202 g/mol. The van der Waals surface area contributed by atoms with Crippen molar-refractivity contribution in [3.63, 3.8) is 0 Å². The van der Waals surface area contributed by atoms with Gasteiger partial charge in [-0.1, -0.05) is 13.3 Å². The maximum Gasteiger partial charge on any atom is 0.221 e. The minimum atomic E-state index is 0.155. The van der Waals surface area contributed by atoms with Gasteiger partial charge in [0.05, 0.1) is 0 Å². The number of nitrogens with one attached hydrogen (secondary N) is 2. The molecule has 0 fully saturated rings. The fourth-order valence-electron chi connectivity index (χ4n) is 1.34. The molecule has 0 saturated carbocycles. The second-order valence-corrected chi connectivity index (χ2v) is 4.36. The molecule has 16 heavy (non-hydrogen) atoms. The highest BCUT2D eigenvalue weighted by Gasteiger charge is 1.99. The molecule has 0 aromatic heterocycles. The summed E-state index contributed by atoms with van der Waals surface area (Å²) < 4.78 is 0. The molecule has 0 aliphatic carbocycles. The van der Waals surface area contributed by atoms with Crippen molar-refractivity contribution in [2.24, 2.45) is 0 Å². The van der Waals surface area contributed by atoms with Crippen LogP contribution >= 0.6 is 0 Å². The first-order valence-corrected chi connectivity index (χ1v) is 6.29. The minimum Gasteiger partial charge on any atom is -0.356 e. The minimum absolute atomic E-state index is 0.155. The molecule has 0 rings (SSSR count). The SMILES string of the molecule is CCCCNCCC(=O)NCCCN(C)C.